The third-order valence-electron chi connectivity index (χ3n) is 7.44. The molecule has 39 heavy (non-hydrogen) atoms. The summed E-state index contributed by atoms with van der Waals surface area (Å²) in [7, 11) is 1.97. The molecule has 1 aliphatic rings. The Morgan fingerprint density at radius 2 is 1.92 bits per heavy atom. The van der Waals surface area contributed by atoms with E-state index in [0.29, 0.717) is 29.9 Å². The quantitative estimate of drug-likeness (QED) is 0.307. The summed E-state index contributed by atoms with van der Waals surface area (Å²) in [6.45, 7) is 4.09. The number of carboxylic acids is 1. The van der Waals surface area contributed by atoms with E-state index in [1.54, 1.807) is 33.5 Å². The van der Waals surface area contributed by atoms with Crippen LogP contribution in [0.1, 0.15) is 34.3 Å². The summed E-state index contributed by atoms with van der Waals surface area (Å²) in [4.78, 5) is 37.8. The molecule has 0 aliphatic carbocycles. The van der Waals surface area contributed by atoms with E-state index in [9.17, 15) is 14.7 Å². The van der Waals surface area contributed by atoms with Crippen LogP contribution in [0.2, 0.25) is 0 Å². The van der Waals surface area contributed by atoms with Gasteiger partial charge in [0.05, 0.1) is 35.6 Å². The van der Waals surface area contributed by atoms with Crippen molar-refractivity contribution in [1.29, 1.82) is 0 Å². The number of aromatic nitrogens is 5. The SMILES string of the molecule is Cc1ccc2c(n1)n(C1CCN(Cc3ncc(Br)n3C)C1)c(=O)n2-c1cc(C(=O)O)ccc1-c1ccccc1. The standard InChI is InChI=1S/C29H27BrN6O3/c1-18-8-11-23-27(32-18)35(21-12-13-34(16-21)17-26-31-15-25(30)33(26)2)29(39)36(23)24-14-20(28(37)38)9-10-22(24)19-6-4-3-5-7-19/h3-11,14-15,21H,12-13,16-17H2,1-2H3,(H,37,38). The monoisotopic (exact) mass is 586 g/mol. The van der Waals surface area contributed by atoms with Crippen LogP contribution in [-0.2, 0) is 13.6 Å². The van der Waals surface area contributed by atoms with Gasteiger partial charge in [0, 0.05) is 31.4 Å². The topological polar surface area (TPSA) is 98.2 Å². The molecule has 2 aromatic carbocycles. The number of carboxylic acid groups (broad SMARTS) is 1. The minimum atomic E-state index is -1.05. The number of carbonyl (C=O) groups is 1. The van der Waals surface area contributed by atoms with Crippen LogP contribution in [0, 0.1) is 6.92 Å². The number of fused-ring (bicyclic) bond motifs is 1. The highest BCUT2D eigenvalue weighted by Gasteiger charge is 2.30. The van der Waals surface area contributed by atoms with Crippen LogP contribution >= 0.6 is 15.9 Å². The van der Waals surface area contributed by atoms with Gasteiger partial charge in [-0.05, 0) is 59.1 Å². The van der Waals surface area contributed by atoms with E-state index in [1.165, 1.54) is 0 Å². The number of aromatic carboxylic acids is 1. The van der Waals surface area contributed by atoms with E-state index in [4.69, 9.17) is 4.98 Å². The summed E-state index contributed by atoms with van der Waals surface area (Å²) >= 11 is 3.51. The lowest BCUT2D eigenvalue weighted by atomic mass is 10.0. The second-order valence-corrected chi connectivity index (χ2v) is 10.7. The number of halogens is 1. The van der Waals surface area contributed by atoms with Crippen LogP contribution in [0.4, 0.5) is 0 Å². The number of nitrogens with zero attached hydrogens (tertiary/aromatic N) is 6. The first-order valence-electron chi connectivity index (χ1n) is 12.7. The van der Waals surface area contributed by atoms with Crippen molar-refractivity contribution in [3.8, 4) is 16.8 Å². The largest absolute Gasteiger partial charge is 0.478 e. The molecule has 6 rings (SSSR count). The Labute approximate surface area is 233 Å². The van der Waals surface area contributed by atoms with Gasteiger partial charge in [-0.2, -0.15) is 0 Å². The van der Waals surface area contributed by atoms with Gasteiger partial charge in [-0.3, -0.25) is 14.0 Å². The van der Waals surface area contributed by atoms with Crippen molar-refractivity contribution >= 4 is 33.1 Å². The number of hydrogen-bond acceptors (Lipinski definition) is 5. The zero-order valence-corrected chi connectivity index (χ0v) is 23.2. The molecule has 1 saturated heterocycles. The maximum absolute atomic E-state index is 14.3. The molecule has 1 fully saturated rings. The van der Waals surface area contributed by atoms with Crippen molar-refractivity contribution in [2.24, 2.45) is 7.05 Å². The summed E-state index contributed by atoms with van der Waals surface area (Å²) in [5, 5.41) is 9.77. The summed E-state index contributed by atoms with van der Waals surface area (Å²) < 4.78 is 6.34. The van der Waals surface area contributed by atoms with Crippen LogP contribution in [0.15, 0.2) is 76.3 Å². The lowest BCUT2D eigenvalue weighted by molar-refractivity contribution is 0.0697. The van der Waals surface area contributed by atoms with Crippen LogP contribution in [-0.4, -0.2) is 52.7 Å². The normalized spacial score (nSPS) is 15.8. The number of pyridine rings is 1. The van der Waals surface area contributed by atoms with Crippen molar-refractivity contribution in [3.63, 3.8) is 0 Å². The van der Waals surface area contributed by atoms with Gasteiger partial charge in [0.25, 0.3) is 0 Å². The highest BCUT2D eigenvalue weighted by atomic mass is 79.9. The zero-order chi connectivity index (χ0) is 27.3. The molecule has 1 unspecified atom stereocenters. The van der Waals surface area contributed by atoms with Crippen molar-refractivity contribution in [2.75, 3.05) is 13.1 Å². The average molecular weight is 587 g/mol. The molecule has 1 N–H and O–H groups in total. The second-order valence-electron chi connectivity index (χ2n) is 9.92. The van der Waals surface area contributed by atoms with Crippen LogP contribution in [0.5, 0.6) is 0 Å². The molecule has 0 saturated carbocycles. The van der Waals surface area contributed by atoms with Gasteiger partial charge in [0.2, 0.25) is 0 Å². The predicted octanol–water partition coefficient (Wildman–Crippen LogP) is 4.80. The second kappa shape index (κ2) is 9.94. The van der Waals surface area contributed by atoms with Gasteiger partial charge in [0.1, 0.15) is 10.4 Å². The Morgan fingerprint density at radius 1 is 1.13 bits per heavy atom. The lowest BCUT2D eigenvalue weighted by Gasteiger charge is -2.16. The Kier molecular flexibility index (Phi) is 6.44. The maximum atomic E-state index is 14.3. The summed E-state index contributed by atoms with van der Waals surface area (Å²) in [6.07, 6.45) is 2.59. The molecular weight excluding hydrogens is 560 g/mol. The number of aryl methyl sites for hydroxylation is 1. The first-order valence-corrected chi connectivity index (χ1v) is 13.5. The van der Waals surface area contributed by atoms with Crippen molar-refractivity contribution in [3.05, 3.63) is 99.0 Å². The fourth-order valence-electron chi connectivity index (χ4n) is 5.40. The molecular formula is C29H27BrN6O3. The summed E-state index contributed by atoms with van der Waals surface area (Å²) in [5.41, 5.74) is 4.14. The Balaban J connectivity index is 1.49. The van der Waals surface area contributed by atoms with E-state index in [0.717, 1.165) is 40.2 Å². The summed E-state index contributed by atoms with van der Waals surface area (Å²) in [5.74, 6) is -0.0989. The highest BCUT2D eigenvalue weighted by molar-refractivity contribution is 9.10. The van der Waals surface area contributed by atoms with E-state index in [2.05, 4.69) is 25.8 Å². The van der Waals surface area contributed by atoms with Gasteiger partial charge >= 0.3 is 11.7 Å². The molecule has 10 heteroatoms. The predicted molar refractivity (Wildman–Crippen MR) is 152 cm³/mol. The Bertz CT molecular complexity index is 1770. The van der Waals surface area contributed by atoms with Gasteiger partial charge in [-0.25, -0.2) is 19.6 Å². The van der Waals surface area contributed by atoms with Gasteiger partial charge in [0.15, 0.2) is 5.65 Å². The first-order chi connectivity index (χ1) is 18.8. The molecule has 1 atom stereocenters. The molecule has 1 aliphatic heterocycles. The number of hydrogen-bond donors (Lipinski definition) is 1. The number of likely N-dealkylation sites (tertiary alicyclic amines) is 1. The van der Waals surface area contributed by atoms with E-state index >= 15 is 0 Å². The molecule has 5 aromatic rings. The number of imidazole rings is 2. The zero-order valence-electron chi connectivity index (χ0n) is 21.6. The van der Waals surface area contributed by atoms with E-state index < -0.39 is 5.97 Å². The molecule has 0 bridgehead atoms. The lowest BCUT2D eigenvalue weighted by Crippen LogP contribution is -2.29. The fourth-order valence-corrected chi connectivity index (χ4v) is 5.71. The van der Waals surface area contributed by atoms with Crippen molar-refractivity contribution in [1.82, 2.24) is 28.6 Å². The maximum Gasteiger partial charge on any atom is 0.335 e. The molecule has 0 radical (unpaired) electrons. The van der Waals surface area contributed by atoms with Crippen LogP contribution in [0.3, 0.4) is 0 Å². The van der Waals surface area contributed by atoms with E-state index in [-0.39, 0.29) is 17.3 Å². The third-order valence-corrected chi connectivity index (χ3v) is 8.17. The Morgan fingerprint density at radius 3 is 2.64 bits per heavy atom. The molecule has 198 valence electrons. The minimum Gasteiger partial charge on any atom is -0.478 e. The molecule has 0 amide bonds. The van der Waals surface area contributed by atoms with Gasteiger partial charge in [-0.15, -0.1) is 0 Å². The number of benzene rings is 2. The first kappa shape index (κ1) is 25.3. The smallest absolute Gasteiger partial charge is 0.335 e. The molecule has 4 heterocycles. The van der Waals surface area contributed by atoms with Crippen molar-refractivity contribution in [2.45, 2.75) is 25.9 Å². The fraction of sp³-hybridized carbons (Fsp3) is 0.241. The molecule has 3 aromatic heterocycles. The van der Waals surface area contributed by atoms with Crippen LogP contribution in [0.25, 0.3) is 28.0 Å². The highest BCUT2D eigenvalue weighted by Crippen LogP contribution is 2.32. The third kappa shape index (κ3) is 4.49. The van der Waals surface area contributed by atoms with Gasteiger partial charge < -0.3 is 9.67 Å². The molecule has 0 spiro atoms. The van der Waals surface area contributed by atoms with Crippen LogP contribution < -0.4 is 5.69 Å². The number of rotatable bonds is 6. The Hall–Kier alpha value is -4.02. The average Bonchev–Trinajstić information content (AvgIpc) is 3.60. The molecule has 9 nitrogen and oxygen atoms in total. The van der Waals surface area contributed by atoms with Gasteiger partial charge in [-0.1, -0.05) is 36.4 Å². The minimum absolute atomic E-state index is 0.0814. The summed E-state index contributed by atoms with van der Waals surface area (Å²) in [6, 6.07) is 18.3. The van der Waals surface area contributed by atoms with Crippen molar-refractivity contribution < 1.29 is 9.90 Å². The van der Waals surface area contributed by atoms with E-state index in [1.807, 2.05) is 61.0 Å².